The first-order valence-corrected chi connectivity index (χ1v) is 12.8. The summed E-state index contributed by atoms with van der Waals surface area (Å²) >= 11 is 0. The van der Waals surface area contributed by atoms with Gasteiger partial charge in [0.2, 0.25) is 5.95 Å². The zero-order valence-corrected chi connectivity index (χ0v) is 20.7. The van der Waals surface area contributed by atoms with E-state index in [9.17, 15) is 23.1 Å². The van der Waals surface area contributed by atoms with Gasteiger partial charge < -0.3 is 15.0 Å². The highest BCUT2D eigenvalue weighted by molar-refractivity contribution is 5.81. The van der Waals surface area contributed by atoms with E-state index < -0.39 is 29.4 Å². The second kappa shape index (κ2) is 9.62. The third-order valence-corrected chi connectivity index (χ3v) is 7.96. The van der Waals surface area contributed by atoms with Crippen LogP contribution >= 0.6 is 0 Å². The molecule has 202 valence electrons. The number of carboxylic acids is 1. The van der Waals surface area contributed by atoms with Crippen LogP contribution in [-0.4, -0.2) is 44.1 Å². The summed E-state index contributed by atoms with van der Waals surface area (Å²) in [5.41, 5.74) is 0.864. The Labute approximate surface area is 220 Å². The first kappa shape index (κ1) is 25.3. The Morgan fingerprint density at radius 2 is 1.77 bits per heavy atom. The number of benzene rings is 2. The van der Waals surface area contributed by atoms with Crippen LogP contribution in [0.4, 0.5) is 23.5 Å². The molecule has 3 heterocycles. The van der Waals surface area contributed by atoms with E-state index in [0.29, 0.717) is 35.1 Å². The Morgan fingerprint density at radius 1 is 1.00 bits per heavy atom. The monoisotopic (exact) mass is 539 g/mol. The summed E-state index contributed by atoms with van der Waals surface area (Å²) < 4.78 is 54.2. The average Bonchev–Trinajstić information content (AvgIpc) is 3.35. The van der Waals surface area contributed by atoms with E-state index >= 15 is 4.39 Å². The molecule has 4 aromatic rings. The highest BCUT2D eigenvalue weighted by atomic mass is 19.4. The molecule has 0 radical (unpaired) electrons. The molecule has 1 aliphatic heterocycles. The molecule has 2 aromatic carbocycles. The van der Waals surface area contributed by atoms with E-state index in [1.54, 1.807) is 18.5 Å². The number of aromatic nitrogens is 4. The molecule has 3 unspecified atom stereocenters. The minimum absolute atomic E-state index is 0.121. The molecular formula is C28H25F4N5O2. The number of nitrogens with one attached hydrogen (secondary N) is 1. The largest absolute Gasteiger partial charge is 0.481 e. The van der Waals surface area contributed by atoms with Crippen LogP contribution in [0.3, 0.4) is 0 Å². The number of carboxylic acid groups (broad SMARTS) is 1. The summed E-state index contributed by atoms with van der Waals surface area (Å²) in [4.78, 5) is 29.8. The van der Waals surface area contributed by atoms with Crippen molar-refractivity contribution in [2.75, 3.05) is 18.0 Å². The van der Waals surface area contributed by atoms with Crippen molar-refractivity contribution < 1.29 is 27.5 Å². The molecule has 2 aromatic heterocycles. The van der Waals surface area contributed by atoms with Gasteiger partial charge in [0.1, 0.15) is 11.6 Å². The zero-order valence-electron chi connectivity index (χ0n) is 20.7. The SMILES string of the molecule is O=C(O)C1CN(c2ncc(-c3ccc(-c4nc5ccc(C(F)(F)F)cc5[nH]4)c(F)c3)cn2)CC2CCCCC21. The maximum absolute atomic E-state index is 15.1. The number of H-pyrrole nitrogens is 1. The van der Waals surface area contributed by atoms with E-state index in [0.717, 1.165) is 44.4 Å². The number of anilines is 1. The second-order valence-corrected chi connectivity index (χ2v) is 10.3. The molecule has 0 amide bonds. The number of fused-ring (bicyclic) bond motifs is 2. The quantitative estimate of drug-likeness (QED) is 0.301. The molecule has 6 rings (SSSR count). The number of piperidine rings is 1. The number of aliphatic carboxylic acids is 1. The first-order chi connectivity index (χ1) is 18.7. The van der Waals surface area contributed by atoms with Crippen molar-refractivity contribution in [2.24, 2.45) is 17.8 Å². The third-order valence-electron chi connectivity index (χ3n) is 7.96. The zero-order chi connectivity index (χ0) is 27.3. The van der Waals surface area contributed by atoms with Crippen molar-refractivity contribution >= 4 is 23.0 Å². The fourth-order valence-corrected chi connectivity index (χ4v) is 5.98. The minimum Gasteiger partial charge on any atom is -0.481 e. The lowest BCUT2D eigenvalue weighted by Crippen LogP contribution is -2.50. The number of rotatable bonds is 4. The lowest BCUT2D eigenvalue weighted by Gasteiger charge is -2.44. The van der Waals surface area contributed by atoms with E-state index in [-0.39, 0.29) is 22.8 Å². The van der Waals surface area contributed by atoms with Crippen LogP contribution < -0.4 is 4.90 Å². The van der Waals surface area contributed by atoms with Gasteiger partial charge in [0.15, 0.2) is 0 Å². The third kappa shape index (κ3) is 4.81. The van der Waals surface area contributed by atoms with Gasteiger partial charge in [0.25, 0.3) is 0 Å². The lowest BCUT2D eigenvalue weighted by atomic mass is 9.70. The van der Waals surface area contributed by atoms with Crippen molar-refractivity contribution in [1.82, 2.24) is 19.9 Å². The predicted octanol–water partition coefficient (Wildman–Crippen LogP) is 6.17. The molecule has 1 aliphatic carbocycles. The standard InChI is InChI=1S/C28H25F4N5O2/c29-22-9-15(5-7-20(22)25-35-23-8-6-18(28(30,31)32)10-24(23)36-25)17-11-33-27(34-12-17)37-13-16-3-1-2-4-19(16)21(14-37)26(38)39/h5-12,16,19,21H,1-4,13-14H2,(H,35,36)(H,38,39). The maximum atomic E-state index is 15.1. The summed E-state index contributed by atoms with van der Waals surface area (Å²) in [7, 11) is 0. The van der Waals surface area contributed by atoms with Gasteiger partial charge in [0.05, 0.1) is 28.1 Å². The number of hydrogen-bond acceptors (Lipinski definition) is 5. The molecule has 39 heavy (non-hydrogen) atoms. The van der Waals surface area contributed by atoms with Crippen molar-refractivity contribution in [3.63, 3.8) is 0 Å². The van der Waals surface area contributed by atoms with Gasteiger partial charge in [-0.3, -0.25) is 4.79 Å². The van der Waals surface area contributed by atoms with E-state index in [1.807, 2.05) is 4.90 Å². The molecule has 11 heteroatoms. The highest BCUT2D eigenvalue weighted by Gasteiger charge is 2.42. The molecule has 2 fully saturated rings. The summed E-state index contributed by atoms with van der Waals surface area (Å²) in [5, 5.41) is 9.80. The molecule has 2 N–H and O–H groups in total. The number of hydrogen-bond donors (Lipinski definition) is 2. The molecule has 1 saturated heterocycles. The van der Waals surface area contributed by atoms with Crippen LogP contribution in [0, 0.1) is 23.6 Å². The minimum atomic E-state index is -4.49. The van der Waals surface area contributed by atoms with Gasteiger partial charge in [-0.15, -0.1) is 0 Å². The van der Waals surface area contributed by atoms with Crippen LogP contribution in [0.1, 0.15) is 31.2 Å². The number of nitrogens with zero attached hydrogens (tertiary/aromatic N) is 4. The predicted molar refractivity (Wildman–Crippen MR) is 136 cm³/mol. The van der Waals surface area contributed by atoms with Crippen LogP contribution in [0.25, 0.3) is 33.5 Å². The Morgan fingerprint density at radius 3 is 2.49 bits per heavy atom. The molecule has 7 nitrogen and oxygen atoms in total. The van der Waals surface area contributed by atoms with Gasteiger partial charge in [-0.05, 0) is 60.6 Å². The van der Waals surface area contributed by atoms with Crippen molar-refractivity contribution in [3.05, 3.63) is 60.2 Å². The van der Waals surface area contributed by atoms with E-state index in [4.69, 9.17) is 0 Å². The fourth-order valence-electron chi connectivity index (χ4n) is 5.98. The number of aromatic amines is 1. The molecule has 2 aliphatic rings. The summed E-state index contributed by atoms with van der Waals surface area (Å²) in [5.74, 6) is -0.772. The van der Waals surface area contributed by atoms with Crippen LogP contribution in [0.2, 0.25) is 0 Å². The topological polar surface area (TPSA) is 95.0 Å². The second-order valence-electron chi connectivity index (χ2n) is 10.3. The Bertz CT molecular complexity index is 1540. The molecule has 0 spiro atoms. The van der Waals surface area contributed by atoms with Crippen molar-refractivity contribution in [3.8, 4) is 22.5 Å². The van der Waals surface area contributed by atoms with Gasteiger partial charge >= 0.3 is 12.1 Å². The average molecular weight is 540 g/mol. The van der Waals surface area contributed by atoms with Crippen LogP contribution in [0.5, 0.6) is 0 Å². The number of carbonyl (C=O) groups is 1. The van der Waals surface area contributed by atoms with Crippen molar-refractivity contribution in [1.29, 1.82) is 0 Å². The van der Waals surface area contributed by atoms with Gasteiger partial charge in [-0.25, -0.2) is 19.3 Å². The molecule has 1 saturated carbocycles. The number of alkyl halides is 3. The lowest BCUT2D eigenvalue weighted by molar-refractivity contribution is -0.145. The normalized spacial score (nSPS) is 21.6. The maximum Gasteiger partial charge on any atom is 0.416 e. The molecule has 3 atom stereocenters. The first-order valence-electron chi connectivity index (χ1n) is 12.8. The fraction of sp³-hybridized carbons (Fsp3) is 0.357. The van der Waals surface area contributed by atoms with E-state index in [2.05, 4.69) is 19.9 Å². The Hall–Kier alpha value is -4.02. The summed E-state index contributed by atoms with van der Waals surface area (Å²) in [6.07, 6.45) is 2.79. The van der Waals surface area contributed by atoms with Gasteiger partial charge in [-0.1, -0.05) is 18.9 Å². The smallest absolute Gasteiger partial charge is 0.416 e. The van der Waals surface area contributed by atoms with Crippen molar-refractivity contribution in [2.45, 2.75) is 31.9 Å². The molecular weight excluding hydrogens is 514 g/mol. The van der Waals surface area contributed by atoms with Gasteiger partial charge in [-0.2, -0.15) is 13.2 Å². The summed E-state index contributed by atoms with van der Waals surface area (Å²) in [6, 6.07) is 7.61. The van der Waals surface area contributed by atoms with E-state index in [1.165, 1.54) is 18.2 Å². The van der Waals surface area contributed by atoms with Gasteiger partial charge in [0, 0.05) is 31.0 Å². The highest BCUT2D eigenvalue weighted by Crippen LogP contribution is 2.40. The van der Waals surface area contributed by atoms with Crippen LogP contribution in [0.15, 0.2) is 48.8 Å². The van der Waals surface area contributed by atoms with Crippen LogP contribution in [-0.2, 0) is 11.0 Å². The Kier molecular flexibility index (Phi) is 6.23. The Balaban J connectivity index is 1.22. The number of halogens is 4. The molecule has 0 bridgehead atoms. The number of imidazole rings is 1. The summed E-state index contributed by atoms with van der Waals surface area (Å²) in [6.45, 7) is 1.08.